The highest BCUT2D eigenvalue weighted by molar-refractivity contribution is 5.99. The summed E-state index contributed by atoms with van der Waals surface area (Å²) in [5.74, 6) is -0.915. The third-order valence-electron chi connectivity index (χ3n) is 5.48. The smallest absolute Gasteiger partial charge is 0.277 e. The Bertz CT molecular complexity index is 1070. The van der Waals surface area contributed by atoms with Crippen molar-refractivity contribution in [1.82, 2.24) is 30.0 Å². The Morgan fingerprint density at radius 3 is 2.93 bits per heavy atom. The molecule has 28 heavy (non-hydrogen) atoms. The highest BCUT2D eigenvalue weighted by Crippen LogP contribution is 2.21. The molecule has 0 atom stereocenters. The van der Waals surface area contributed by atoms with Gasteiger partial charge in [-0.2, -0.15) is 0 Å². The van der Waals surface area contributed by atoms with Gasteiger partial charge in [-0.25, -0.2) is 8.91 Å². The number of aromatic amines is 1. The number of aromatic nitrogens is 4. The van der Waals surface area contributed by atoms with Gasteiger partial charge in [-0.05, 0) is 38.1 Å². The number of fused-ring (bicyclic) bond motifs is 3. The first kappa shape index (κ1) is 18.5. The van der Waals surface area contributed by atoms with Gasteiger partial charge in [0.1, 0.15) is 5.82 Å². The van der Waals surface area contributed by atoms with Crippen molar-refractivity contribution in [3.05, 3.63) is 40.1 Å². The minimum Gasteiger partial charge on any atom is -0.349 e. The Balaban J connectivity index is 1.50. The van der Waals surface area contributed by atoms with Crippen LogP contribution in [0.25, 0.3) is 16.6 Å². The fraction of sp³-hybridized carbons (Fsp3) is 0.474. The average Bonchev–Trinajstić information content (AvgIpc) is 3.14. The number of nitrogens with zero attached hydrogens (tertiary/aromatic N) is 4. The monoisotopic (exact) mass is 386 g/mol. The molecule has 0 aliphatic heterocycles. The van der Waals surface area contributed by atoms with E-state index in [-0.39, 0.29) is 11.2 Å². The first-order valence-corrected chi connectivity index (χ1v) is 9.60. The topological polar surface area (TPSA) is 95.4 Å². The lowest BCUT2D eigenvalue weighted by molar-refractivity contribution is 0.0941. The van der Waals surface area contributed by atoms with Gasteiger partial charge in [0.05, 0.1) is 11.0 Å². The molecule has 0 unspecified atom stereocenters. The maximum Gasteiger partial charge on any atom is 0.277 e. The molecule has 1 aromatic carbocycles. The number of carbonyl (C=O) groups excluding carboxylic acids is 1. The Morgan fingerprint density at radius 2 is 2.14 bits per heavy atom. The average molecular weight is 386 g/mol. The fourth-order valence-corrected chi connectivity index (χ4v) is 3.92. The van der Waals surface area contributed by atoms with Crippen LogP contribution in [0, 0.1) is 5.82 Å². The molecule has 148 valence electrons. The zero-order valence-corrected chi connectivity index (χ0v) is 15.7. The van der Waals surface area contributed by atoms with Gasteiger partial charge < -0.3 is 15.2 Å². The van der Waals surface area contributed by atoms with Crippen molar-refractivity contribution in [3.63, 3.8) is 0 Å². The first-order valence-electron chi connectivity index (χ1n) is 9.60. The molecule has 1 amide bonds. The molecular formula is C19H23FN6O2. The number of rotatable bonds is 5. The summed E-state index contributed by atoms with van der Waals surface area (Å²) in [6.45, 7) is 1.19. The highest BCUT2D eigenvalue weighted by atomic mass is 19.1. The lowest BCUT2D eigenvalue weighted by Crippen LogP contribution is -2.39. The van der Waals surface area contributed by atoms with Crippen LogP contribution in [0.4, 0.5) is 4.39 Å². The predicted octanol–water partition coefficient (Wildman–Crippen LogP) is 1.70. The molecule has 1 saturated carbocycles. The summed E-state index contributed by atoms with van der Waals surface area (Å²) in [6, 6.07) is 4.53. The zero-order chi connectivity index (χ0) is 19.7. The van der Waals surface area contributed by atoms with Gasteiger partial charge in [0.2, 0.25) is 0 Å². The van der Waals surface area contributed by atoms with Crippen LogP contribution in [-0.2, 0) is 0 Å². The second-order valence-electron chi connectivity index (χ2n) is 7.34. The van der Waals surface area contributed by atoms with Crippen molar-refractivity contribution >= 4 is 22.5 Å². The van der Waals surface area contributed by atoms with E-state index in [2.05, 4.69) is 32.6 Å². The Morgan fingerprint density at radius 1 is 1.36 bits per heavy atom. The zero-order valence-electron chi connectivity index (χ0n) is 15.7. The van der Waals surface area contributed by atoms with Gasteiger partial charge >= 0.3 is 0 Å². The molecule has 0 saturated heterocycles. The molecule has 2 N–H and O–H groups in total. The van der Waals surface area contributed by atoms with Crippen molar-refractivity contribution < 1.29 is 9.18 Å². The van der Waals surface area contributed by atoms with Crippen LogP contribution in [0.1, 0.15) is 42.6 Å². The number of halogens is 1. The first-order chi connectivity index (χ1) is 13.5. The van der Waals surface area contributed by atoms with E-state index in [1.807, 2.05) is 0 Å². The molecule has 0 bridgehead atoms. The summed E-state index contributed by atoms with van der Waals surface area (Å²) in [4.78, 5) is 29.8. The van der Waals surface area contributed by atoms with Gasteiger partial charge in [-0.1, -0.05) is 24.5 Å². The van der Waals surface area contributed by atoms with Gasteiger partial charge in [-0.15, -0.1) is 5.10 Å². The van der Waals surface area contributed by atoms with Crippen molar-refractivity contribution in [2.24, 2.45) is 0 Å². The fourth-order valence-electron chi connectivity index (χ4n) is 3.92. The molecule has 3 aromatic rings. The molecule has 1 fully saturated rings. The van der Waals surface area contributed by atoms with E-state index >= 15 is 0 Å². The van der Waals surface area contributed by atoms with Crippen molar-refractivity contribution in [2.45, 2.75) is 38.1 Å². The number of hydrogen-bond donors (Lipinski definition) is 2. The number of carbonyl (C=O) groups is 1. The van der Waals surface area contributed by atoms with Crippen LogP contribution in [0.2, 0.25) is 0 Å². The summed E-state index contributed by atoms with van der Waals surface area (Å²) in [7, 11) is 2.08. The van der Waals surface area contributed by atoms with Crippen molar-refractivity contribution in [2.75, 3.05) is 20.1 Å². The van der Waals surface area contributed by atoms with E-state index in [1.165, 1.54) is 54.8 Å². The number of nitrogens with one attached hydrogen (secondary N) is 2. The van der Waals surface area contributed by atoms with Gasteiger partial charge in [-0.3, -0.25) is 9.59 Å². The van der Waals surface area contributed by atoms with E-state index in [1.54, 1.807) is 0 Å². The van der Waals surface area contributed by atoms with Crippen LogP contribution in [0.15, 0.2) is 23.0 Å². The lowest BCUT2D eigenvalue weighted by atomic mass is 9.94. The van der Waals surface area contributed by atoms with Gasteiger partial charge in [0.15, 0.2) is 11.2 Å². The second-order valence-corrected chi connectivity index (χ2v) is 7.34. The van der Waals surface area contributed by atoms with E-state index in [0.717, 1.165) is 6.54 Å². The maximum atomic E-state index is 13.4. The van der Waals surface area contributed by atoms with Crippen LogP contribution in [0.5, 0.6) is 0 Å². The van der Waals surface area contributed by atoms with E-state index < -0.39 is 17.3 Å². The standard InChI is InChI=1S/C19H23FN6O2/c1-25(13-5-3-2-4-6-13)10-9-21-18(27)16-17-19(28)22-14-11-12(20)7-8-15(14)26(17)24-23-16/h7-8,11,13H,2-6,9-10H2,1H3,(H,21,27)(H,22,28). The molecule has 1 aliphatic rings. The van der Waals surface area contributed by atoms with Gasteiger partial charge in [0.25, 0.3) is 11.5 Å². The molecular weight excluding hydrogens is 363 g/mol. The normalized spacial score (nSPS) is 15.5. The molecule has 2 heterocycles. The van der Waals surface area contributed by atoms with E-state index in [4.69, 9.17) is 0 Å². The molecule has 0 radical (unpaired) electrons. The molecule has 1 aliphatic carbocycles. The SMILES string of the molecule is CN(CCNC(=O)c1nnn2c1c(=O)[nH]c1cc(F)ccc12)C1CCCCC1. The summed E-state index contributed by atoms with van der Waals surface area (Å²) in [5.41, 5.74) is 0.251. The Hall–Kier alpha value is -2.81. The summed E-state index contributed by atoms with van der Waals surface area (Å²) >= 11 is 0. The Labute approximate surface area is 160 Å². The maximum absolute atomic E-state index is 13.4. The minimum atomic E-state index is -0.535. The van der Waals surface area contributed by atoms with E-state index in [9.17, 15) is 14.0 Å². The van der Waals surface area contributed by atoms with Crippen LogP contribution in [-0.4, -0.2) is 56.8 Å². The number of hydrogen-bond acceptors (Lipinski definition) is 5. The summed E-state index contributed by atoms with van der Waals surface area (Å²) < 4.78 is 14.7. The number of benzene rings is 1. The predicted molar refractivity (Wildman–Crippen MR) is 103 cm³/mol. The minimum absolute atomic E-state index is 0.0344. The van der Waals surface area contributed by atoms with Crippen molar-refractivity contribution in [3.8, 4) is 0 Å². The molecule has 4 rings (SSSR count). The quantitative estimate of drug-likeness (QED) is 0.696. The third-order valence-corrected chi connectivity index (χ3v) is 5.48. The molecule has 2 aromatic heterocycles. The van der Waals surface area contributed by atoms with Crippen LogP contribution in [0.3, 0.4) is 0 Å². The Kier molecular flexibility index (Phi) is 5.08. The molecule has 9 heteroatoms. The number of likely N-dealkylation sites (N-methyl/N-ethyl adjacent to an activating group) is 1. The summed E-state index contributed by atoms with van der Waals surface area (Å²) in [6.07, 6.45) is 6.21. The number of amides is 1. The second kappa shape index (κ2) is 7.67. The van der Waals surface area contributed by atoms with Crippen LogP contribution >= 0.6 is 0 Å². The molecule has 0 spiro atoms. The van der Waals surface area contributed by atoms with Gasteiger partial charge in [0, 0.05) is 19.1 Å². The van der Waals surface area contributed by atoms with Crippen LogP contribution < -0.4 is 10.9 Å². The van der Waals surface area contributed by atoms with E-state index in [0.29, 0.717) is 23.6 Å². The highest BCUT2D eigenvalue weighted by Gasteiger charge is 2.21. The third kappa shape index (κ3) is 3.49. The largest absolute Gasteiger partial charge is 0.349 e. The summed E-state index contributed by atoms with van der Waals surface area (Å²) in [5, 5.41) is 10.6. The lowest BCUT2D eigenvalue weighted by Gasteiger charge is -2.31. The number of H-pyrrole nitrogens is 1. The molecule has 8 nitrogen and oxygen atoms in total. The van der Waals surface area contributed by atoms with Crippen molar-refractivity contribution in [1.29, 1.82) is 0 Å².